The first kappa shape index (κ1) is 15.1. The Labute approximate surface area is 124 Å². The van der Waals surface area contributed by atoms with Crippen LogP contribution in [0.2, 0.25) is 0 Å². The summed E-state index contributed by atoms with van der Waals surface area (Å²) in [7, 11) is 3.56. The Morgan fingerprint density at radius 3 is 2.48 bits per heavy atom. The summed E-state index contributed by atoms with van der Waals surface area (Å²) in [6.07, 6.45) is 5.22. The van der Waals surface area contributed by atoms with Crippen LogP contribution < -0.4 is 15.4 Å². The first-order valence-electron chi connectivity index (χ1n) is 7.09. The molecular formula is C14H22N6O. The summed E-state index contributed by atoms with van der Waals surface area (Å²) in [5.74, 6) is 2.07. The Hall–Kier alpha value is -2.31. The number of nitrogens with zero attached hydrogens (tertiary/aromatic N) is 4. The molecule has 114 valence electrons. The molecule has 0 aliphatic rings. The number of rotatable bonds is 8. The summed E-state index contributed by atoms with van der Waals surface area (Å²) in [6.45, 7) is 3.70. The normalized spacial score (nSPS) is 10.4. The largest absolute Gasteiger partial charge is 0.490 e. The van der Waals surface area contributed by atoms with E-state index in [0.717, 1.165) is 31.7 Å². The molecule has 0 aliphatic carbocycles. The molecule has 2 aromatic rings. The number of methoxy groups -OCH3 is 1. The molecule has 2 N–H and O–H groups in total. The number of ether oxygens (including phenoxy) is 1. The molecule has 0 radical (unpaired) electrons. The third kappa shape index (κ3) is 3.84. The van der Waals surface area contributed by atoms with Gasteiger partial charge >= 0.3 is 0 Å². The average molecular weight is 290 g/mol. The smallest absolute Gasteiger partial charge is 0.204 e. The second-order valence-corrected chi connectivity index (χ2v) is 4.65. The second kappa shape index (κ2) is 7.47. The fraction of sp³-hybridized carbons (Fsp3) is 0.500. The molecule has 0 aromatic carbocycles. The van der Waals surface area contributed by atoms with Gasteiger partial charge in [0.1, 0.15) is 6.33 Å². The fourth-order valence-electron chi connectivity index (χ4n) is 2.02. The Balaban J connectivity index is 2.00. The summed E-state index contributed by atoms with van der Waals surface area (Å²) in [4.78, 5) is 8.47. The van der Waals surface area contributed by atoms with Crippen LogP contribution in [0.3, 0.4) is 0 Å². The highest BCUT2D eigenvalue weighted by Gasteiger charge is 2.11. The highest BCUT2D eigenvalue weighted by molar-refractivity contribution is 5.63. The maximum absolute atomic E-state index is 5.42. The van der Waals surface area contributed by atoms with Crippen molar-refractivity contribution in [3.05, 3.63) is 24.3 Å². The first-order chi connectivity index (χ1) is 10.3. The van der Waals surface area contributed by atoms with E-state index >= 15 is 0 Å². The van der Waals surface area contributed by atoms with Gasteiger partial charge in [-0.15, -0.1) is 0 Å². The maximum atomic E-state index is 5.42. The Morgan fingerprint density at radius 1 is 1.19 bits per heavy atom. The zero-order chi connectivity index (χ0) is 15.1. The van der Waals surface area contributed by atoms with Gasteiger partial charge in [0.05, 0.1) is 7.11 Å². The fourth-order valence-corrected chi connectivity index (χ4v) is 2.02. The number of hydrogen-bond donors (Lipinski definition) is 2. The lowest BCUT2D eigenvalue weighted by Gasteiger charge is -2.13. The second-order valence-electron chi connectivity index (χ2n) is 4.65. The molecule has 0 spiro atoms. The van der Waals surface area contributed by atoms with Gasteiger partial charge in [-0.2, -0.15) is 5.10 Å². The van der Waals surface area contributed by atoms with Crippen LogP contribution in [0.4, 0.5) is 11.6 Å². The molecule has 0 amide bonds. The molecule has 0 aliphatic heterocycles. The lowest BCUT2D eigenvalue weighted by atomic mass is 10.3. The molecule has 0 fully saturated rings. The van der Waals surface area contributed by atoms with E-state index in [0.29, 0.717) is 11.6 Å². The molecule has 0 bridgehead atoms. The van der Waals surface area contributed by atoms with Crippen molar-refractivity contribution in [2.24, 2.45) is 7.05 Å². The molecule has 7 nitrogen and oxygen atoms in total. The van der Waals surface area contributed by atoms with Gasteiger partial charge in [0.2, 0.25) is 5.75 Å². The Morgan fingerprint density at radius 2 is 1.90 bits per heavy atom. The van der Waals surface area contributed by atoms with Gasteiger partial charge in [-0.25, -0.2) is 9.97 Å². The third-order valence-electron chi connectivity index (χ3n) is 3.15. The molecule has 7 heteroatoms. The van der Waals surface area contributed by atoms with E-state index in [1.807, 2.05) is 17.8 Å². The molecule has 0 saturated carbocycles. The van der Waals surface area contributed by atoms with Crippen LogP contribution >= 0.6 is 0 Å². The highest BCUT2D eigenvalue weighted by Crippen LogP contribution is 2.28. The van der Waals surface area contributed by atoms with Crippen molar-refractivity contribution in [1.29, 1.82) is 0 Å². The Bertz CT molecular complexity index is 568. The molecule has 0 saturated heterocycles. The number of nitrogens with one attached hydrogen (secondary N) is 2. The van der Waals surface area contributed by atoms with Gasteiger partial charge in [-0.3, -0.25) is 4.68 Å². The van der Waals surface area contributed by atoms with E-state index in [4.69, 9.17) is 4.74 Å². The van der Waals surface area contributed by atoms with Crippen LogP contribution in [0.15, 0.2) is 18.6 Å². The van der Waals surface area contributed by atoms with Gasteiger partial charge in [0.25, 0.3) is 0 Å². The molecule has 0 atom stereocenters. The monoisotopic (exact) mass is 290 g/mol. The van der Waals surface area contributed by atoms with Crippen LogP contribution in [-0.4, -0.2) is 39.9 Å². The van der Waals surface area contributed by atoms with Gasteiger partial charge < -0.3 is 15.4 Å². The lowest BCUT2D eigenvalue weighted by Crippen LogP contribution is -2.12. The van der Waals surface area contributed by atoms with Crippen molar-refractivity contribution in [3.63, 3.8) is 0 Å². The zero-order valence-corrected chi connectivity index (χ0v) is 12.8. The quantitative estimate of drug-likeness (QED) is 0.770. The van der Waals surface area contributed by atoms with Crippen LogP contribution in [0.5, 0.6) is 5.75 Å². The molecular weight excluding hydrogens is 268 g/mol. The van der Waals surface area contributed by atoms with Crippen LogP contribution in [0.1, 0.15) is 19.0 Å². The predicted octanol–water partition coefficient (Wildman–Crippen LogP) is 1.70. The van der Waals surface area contributed by atoms with Gasteiger partial charge in [0, 0.05) is 38.4 Å². The summed E-state index contributed by atoms with van der Waals surface area (Å²) in [5.41, 5.74) is 1.17. The number of aromatic nitrogens is 4. The number of aryl methyl sites for hydroxylation is 1. The summed E-state index contributed by atoms with van der Waals surface area (Å²) in [6, 6.07) is 2.01. The standard InChI is InChI=1S/C14H22N6O/c1-4-7-15-13-12(21-3)14(18-10-17-13)16-8-5-11-6-9-19-20(11)2/h6,9-10H,4-5,7-8H2,1-3H3,(H2,15,16,17,18). The predicted molar refractivity (Wildman–Crippen MR) is 82.8 cm³/mol. The Kier molecular flexibility index (Phi) is 5.36. The van der Waals surface area contributed by atoms with E-state index in [9.17, 15) is 0 Å². The van der Waals surface area contributed by atoms with E-state index in [1.165, 1.54) is 12.0 Å². The van der Waals surface area contributed by atoms with Crippen molar-refractivity contribution >= 4 is 11.6 Å². The SMILES string of the molecule is CCCNc1ncnc(NCCc2ccnn2C)c1OC. The van der Waals surface area contributed by atoms with Crippen LogP contribution in [0.25, 0.3) is 0 Å². The minimum Gasteiger partial charge on any atom is -0.490 e. The summed E-state index contributed by atoms with van der Waals surface area (Å²) < 4.78 is 7.29. The minimum absolute atomic E-state index is 0.649. The maximum Gasteiger partial charge on any atom is 0.204 e. The van der Waals surface area contributed by atoms with Crippen molar-refractivity contribution in [2.75, 3.05) is 30.8 Å². The van der Waals surface area contributed by atoms with E-state index in [2.05, 4.69) is 32.6 Å². The molecule has 0 unspecified atom stereocenters. The number of anilines is 2. The molecule has 21 heavy (non-hydrogen) atoms. The van der Waals surface area contributed by atoms with Gasteiger partial charge in [0.15, 0.2) is 11.6 Å². The van der Waals surface area contributed by atoms with Crippen LogP contribution in [-0.2, 0) is 13.5 Å². The molecule has 2 aromatic heterocycles. The topological polar surface area (TPSA) is 76.9 Å². The van der Waals surface area contributed by atoms with E-state index in [1.54, 1.807) is 13.3 Å². The van der Waals surface area contributed by atoms with E-state index < -0.39 is 0 Å². The van der Waals surface area contributed by atoms with Crippen molar-refractivity contribution in [2.45, 2.75) is 19.8 Å². The summed E-state index contributed by atoms with van der Waals surface area (Å²) in [5, 5.41) is 10.7. The summed E-state index contributed by atoms with van der Waals surface area (Å²) >= 11 is 0. The molecule has 2 rings (SSSR count). The average Bonchev–Trinajstić information content (AvgIpc) is 2.90. The zero-order valence-electron chi connectivity index (χ0n) is 12.8. The minimum atomic E-state index is 0.649. The lowest BCUT2D eigenvalue weighted by molar-refractivity contribution is 0.414. The van der Waals surface area contributed by atoms with Crippen LogP contribution in [0, 0.1) is 0 Å². The number of hydrogen-bond acceptors (Lipinski definition) is 6. The van der Waals surface area contributed by atoms with Gasteiger partial charge in [-0.1, -0.05) is 6.92 Å². The van der Waals surface area contributed by atoms with Crippen molar-refractivity contribution in [1.82, 2.24) is 19.7 Å². The first-order valence-corrected chi connectivity index (χ1v) is 7.09. The molecule has 2 heterocycles. The van der Waals surface area contributed by atoms with E-state index in [-0.39, 0.29) is 0 Å². The van der Waals surface area contributed by atoms with Gasteiger partial charge in [-0.05, 0) is 12.5 Å². The highest BCUT2D eigenvalue weighted by atomic mass is 16.5. The third-order valence-corrected chi connectivity index (χ3v) is 3.15. The van der Waals surface area contributed by atoms with Crippen molar-refractivity contribution < 1.29 is 4.74 Å². The van der Waals surface area contributed by atoms with Crippen molar-refractivity contribution in [3.8, 4) is 5.75 Å².